The lowest BCUT2D eigenvalue weighted by molar-refractivity contribution is -0.149. The minimum Gasteiger partial charge on any atom is -0.466 e. The molecule has 0 bridgehead atoms. The summed E-state index contributed by atoms with van der Waals surface area (Å²) in [5.41, 5.74) is 1.37. The summed E-state index contributed by atoms with van der Waals surface area (Å²) in [6, 6.07) is 9.38. The zero-order valence-electron chi connectivity index (χ0n) is 15.5. The molecule has 0 spiro atoms. The van der Waals surface area contributed by atoms with Crippen LogP contribution >= 0.6 is 15.9 Å². The molecule has 0 radical (unpaired) electrons. The lowest BCUT2D eigenvalue weighted by Crippen LogP contribution is -2.46. The number of nitrogens with one attached hydrogen (secondary N) is 2. The van der Waals surface area contributed by atoms with Gasteiger partial charge in [0.2, 0.25) is 0 Å². The first-order valence-corrected chi connectivity index (χ1v) is 10.3. The summed E-state index contributed by atoms with van der Waals surface area (Å²) in [6.07, 6.45) is 4.87. The summed E-state index contributed by atoms with van der Waals surface area (Å²) in [6.45, 7) is 2.33. The van der Waals surface area contributed by atoms with Gasteiger partial charge in [-0.1, -0.05) is 28.1 Å². The summed E-state index contributed by atoms with van der Waals surface area (Å²) in [4.78, 5) is 16.2. The Morgan fingerprint density at radius 1 is 1.19 bits per heavy atom. The van der Waals surface area contributed by atoms with Gasteiger partial charge in [0.25, 0.3) is 0 Å². The molecule has 3 rings (SSSR count). The van der Waals surface area contributed by atoms with E-state index in [1.54, 1.807) is 0 Å². The number of ether oxygens (including phenoxy) is 1. The zero-order chi connectivity index (χ0) is 18.5. The third-order valence-electron chi connectivity index (χ3n) is 5.32. The first kappa shape index (κ1) is 19.2. The average molecular weight is 422 g/mol. The van der Waals surface area contributed by atoms with E-state index < -0.39 is 0 Å². The van der Waals surface area contributed by atoms with Gasteiger partial charge in [-0.15, -0.1) is 0 Å². The molecule has 2 atom stereocenters. The Labute approximate surface area is 164 Å². The quantitative estimate of drug-likeness (QED) is 0.433. The zero-order valence-corrected chi connectivity index (χ0v) is 17.1. The number of aliphatic imine (C=N–C) groups is 1. The Balaban J connectivity index is 1.43. The third-order valence-corrected chi connectivity index (χ3v) is 5.85. The van der Waals surface area contributed by atoms with E-state index >= 15 is 0 Å². The lowest BCUT2D eigenvalue weighted by Gasteiger charge is -2.29. The molecular formula is C20H28BrN3O2. The topological polar surface area (TPSA) is 62.7 Å². The molecule has 0 heterocycles. The largest absolute Gasteiger partial charge is 0.466 e. The molecule has 2 aliphatic carbocycles. The minimum absolute atomic E-state index is 0.0382. The van der Waals surface area contributed by atoms with Crippen LogP contribution in [0, 0.1) is 5.92 Å². The number of carbonyl (C=O) groups excluding carboxylic acids is 1. The molecule has 2 saturated carbocycles. The number of guanidine groups is 1. The fourth-order valence-corrected chi connectivity index (χ4v) is 3.97. The highest BCUT2D eigenvalue weighted by Gasteiger charge is 2.39. The average Bonchev–Trinajstić information content (AvgIpc) is 3.41. The van der Waals surface area contributed by atoms with E-state index in [-0.39, 0.29) is 11.9 Å². The van der Waals surface area contributed by atoms with Crippen LogP contribution in [0.25, 0.3) is 0 Å². The number of hydrogen-bond acceptors (Lipinski definition) is 3. The van der Waals surface area contributed by atoms with Crippen LogP contribution in [0.1, 0.15) is 50.5 Å². The van der Waals surface area contributed by atoms with Crippen molar-refractivity contribution < 1.29 is 9.53 Å². The molecule has 5 nitrogen and oxygen atoms in total. The second-order valence-electron chi connectivity index (χ2n) is 7.16. The number of rotatable bonds is 5. The van der Waals surface area contributed by atoms with Crippen molar-refractivity contribution in [1.29, 1.82) is 0 Å². The Bertz CT molecular complexity index is 639. The van der Waals surface area contributed by atoms with Crippen molar-refractivity contribution in [2.24, 2.45) is 10.9 Å². The van der Waals surface area contributed by atoms with Gasteiger partial charge in [0.05, 0.1) is 12.5 Å². The fourth-order valence-electron chi connectivity index (χ4n) is 3.71. The molecule has 2 unspecified atom stereocenters. The van der Waals surface area contributed by atoms with E-state index in [0.29, 0.717) is 24.6 Å². The predicted octanol–water partition coefficient (Wildman–Crippen LogP) is 3.59. The number of benzene rings is 1. The van der Waals surface area contributed by atoms with Gasteiger partial charge in [-0.3, -0.25) is 9.79 Å². The first-order chi connectivity index (χ1) is 12.6. The Morgan fingerprint density at radius 3 is 2.50 bits per heavy atom. The van der Waals surface area contributed by atoms with Crippen LogP contribution in [-0.4, -0.2) is 37.7 Å². The Hall–Kier alpha value is -1.56. The van der Waals surface area contributed by atoms with Crippen molar-refractivity contribution in [1.82, 2.24) is 10.6 Å². The van der Waals surface area contributed by atoms with Gasteiger partial charge in [-0.05, 0) is 56.7 Å². The van der Waals surface area contributed by atoms with Crippen LogP contribution in [0.3, 0.4) is 0 Å². The second kappa shape index (κ2) is 8.89. The monoisotopic (exact) mass is 421 g/mol. The van der Waals surface area contributed by atoms with Crippen molar-refractivity contribution in [2.75, 3.05) is 13.7 Å². The van der Waals surface area contributed by atoms with Crippen LogP contribution in [-0.2, 0) is 9.53 Å². The number of nitrogens with zero attached hydrogens (tertiary/aromatic N) is 1. The van der Waals surface area contributed by atoms with Gasteiger partial charge in [0.1, 0.15) is 0 Å². The smallest absolute Gasteiger partial charge is 0.308 e. The van der Waals surface area contributed by atoms with Crippen LogP contribution in [0.2, 0.25) is 0 Å². The van der Waals surface area contributed by atoms with Gasteiger partial charge >= 0.3 is 5.97 Å². The second-order valence-corrected chi connectivity index (χ2v) is 8.08. The molecule has 6 heteroatoms. The van der Waals surface area contributed by atoms with Crippen LogP contribution in [0.15, 0.2) is 33.7 Å². The SMILES string of the molecule is CCOC(=O)C1CCC(NC(=NC)NC2CC2c2ccc(Br)cc2)CC1. The van der Waals surface area contributed by atoms with E-state index in [4.69, 9.17) is 4.74 Å². The van der Waals surface area contributed by atoms with Crippen molar-refractivity contribution in [2.45, 2.75) is 57.0 Å². The van der Waals surface area contributed by atoms with E-state index in [1.807, 2.05) is 14.0 Å². The molecule has 0 amide bonds. The van der Waals surface area contributed by atoms with Crippen molar-refractivity contribution >= 4 is 27.9 Å². The summed E-state index contributed by atoms with van der Waals surface area (Å²) >= 11 is 3.48. The maximum absolute atomic E-state index is 11.8. The molecule has 26 heavy (non-hydrogen) atoms. The summed E-state index contributed by atoms with van der Waals surface area (Å²) in [7, 11) is 1.82. The van der Waals surface area contributed by atoms with Gasteiger partial charge in [-0.25, -0.2) is 0 Å². The Morgan fingerprint density at radius 2 is 1.88 bits per heavy atom. The summed E-state index contributed by atoms with van der Waals surface area (Å²) in [5.74, 6) is 1.45. The highest BCUT2D eigenvalue weighted by Crippen LogP contribution is 2.41. The number of halogens is 1. The van der Waals surface area contributed by atoms with E-state index in [2.05, 4.69) is 55.8 Å². The molecule has 0 aromatic heterocycles. The highest BCUT2D eigenvalue weighted by atomic mass is 79.9. The molecule has 2 aliphatic rings. The molecular weight excluding hydrogens is 394 g/mol. The highest BCUT2D eigenvalue weighted by molar-refractivity contribution is 9.10. The maximum atomic E-state index is 11.8. The van der Waals surface area contributed by atoms with Crippen LogP contribution in [0.5, 0.6) is 0 Å². The molecule has 1 aromatic rings. The van der Waals surface area contributed by atoms with Crippen molar-refractivity contribution in [3.8, 4) is 0 Å². The normalized spacial score (nSPS) is 28.3. The predicted molar refractivity (Wildman–Crippen MR) is 107 cm³/mol. The van der Waals surface area contributed by atoms with E-state index in [1.165, 1.54) is 5.56 Å². The lowest BCUT2D eigenvalue weighted by atomic mass is 9.86. The maximum Gasteiger partial charge on any atom is 0.308 e. The minimum atomic E-state index is -0.0382. The van der Waals surface area contributed by atoms with Crippen molar-refractivity contribution in [3.63, 3.8) is 0 Å². The first-order valence-electron chi connectivity index (χ1n) is 9.52. The fraction of sp³-hybridized carbons (Fsp3) is 0.600. The summed E-state index contributed by atoms with van der Waals surface area (Å²) in [5, 5.41) is 7.07. The number of esters is 1. The molecule has 2 fully saturated rings. The molecule has 142 valence electrons. The molecule has 0 aliphatic heterocycles. The summed E-state index contributed by atoms with van der Waals surface area (Å²) < 4.78 is 6.26. The molecule has 1 aromatic carbocycles. The van der Waals surface area contributed by atoms with Crippen LogP contribution in [0.4, 0.5) is 0 Å². The Kier molecular flexibility index (Phi) is 6.57. The third kappa shape index (κ3) is 5.00. The van der Waals surface area contributed by atoms with Crippen LogP contribution < -0.4 is 10.6 Å². The molecule has 0 saturated heterocycles. The van der Waals surface area contributed by atoms with E-state index in [0.717, 1.165) is 42.5 Å². The van der Waals surface area contributed by atoms with Gasteiger partial charge in [0, 0.05) is 29.5 Å². The van der Waals surface area contributed by atoms with Gasteiger partial charge in [-0.2, -0.15) is 0 Å². The van der Waals surface area contributed by atoms with Gasteiger partial charge < -0.3 is 15.4 Å². The number of hydrogen-bond donors (Lipinski definition) is 2. The standard InChI is InChI=1S/C20H28BrN3O2/c1-3-26-19(25)14-6-10-16(11-7-14)23-20(22-2)24-18-12-17(18)13-4-8-15(21)9-5-13/h4-5,8-9,14,16-18H,3,6-7,10-12H2,1-2H3,(H2,22,23,24). The van der Waals surface area contributed by atoms with E-state index in [9.17, 15) is 4.79 Å². The van der Waals surface area contributed by atoms with Crippen molar-refractivity contribution in [3.05, 3.63) is 34.3 Å². The number of carbonyl (C=O) groups is 1. The van der Waals surface area contributed by atoms with Gasteiger partial charge in [0.15, 0.2) is 5.96 Å². The molecule has 2 N–H and O–H groups in total.